The molecule has 5 nitrogen and oxygen atoms in total. The van der Waals surface area contributed by atoms with Crippen LogP contribution in [-0.4, -0.2) is 22.1 Å². The summed E-state index contributed by atoms with van der Waals surface area (Å²) in [6.45, 7) is 0. The van der Waals surface area contributed by atoms with Gasteiger partial charge in [0.05, 0.1) is 17.4 Å². The van der Waals surface area contributed by atoms with Crippen molar-refractivity contribution in [1.82, 2.24) is 4.98 Å². The Morgan fingerprint density at radius 1 is 1.25 bits per heavy atom. The van der Waals surface area contributed by atoms with Crippen LogP contribution >= 0.6 is 0 Å². The van der Waals surface area contributed by atoms with E-state index in [1.165, 1.54) is 36.7 Å². The molecule has 0 amide bonds. The van der Waals surface area contributed by atoms with Crippen molar-refractivity contribution in [3.8, 4) is 0 Å². The number of pyridine rings is 1. The number of hydrogen-bond acceptors (Lipinski definition) is 4. The number of hydrogen-bond donors (Lipinski definition) is 1. The summed E-state index contributed by atoms with van der Waals surface area (Å²) in [7, 11) is 0. The van der Waals surface area contributed by atoms with Crippen molar-refractivity contribution in [2.75, 3.05) is 0 Å². The van der Waals surface area contributed by atoms with E-state index in [9.17, 15) is 18.0 Å². The summed E-state index contributed by atoms with van der Waals surface area (Å²) in [4.78, 5) is 22.0. The van der Waals surface area contributed by atoms with Gasteiger partial charge in [0.25, 0.3) is 0 Å². The van der Waals surface area contributed by atoms with Crippen LogP contribution in [0.3, 0.4) is 0 Å². The van der Waals surface area contributed by atoms with Gasteiger partial charge in [-0.15, -0.1) is 0 Å². The number of aromatic nitrogens is 1. The Kier molecular flexibility index (Phi) is 5.23. The predicted octanol–water partition coefficient (Wildman–Crippen LogP) is 4.34. The van der Waals surface area contributed by atoms with Gasteiger partial charge in [0, 0.05) is 17.8 Å². The molecule has 1 aromatic carbocycles. The third-order valence-electron chi connectivity index (χ3n) is 2.76. The number of halogens is 3. The van der Waals surface area contributed by atoms with Crippen molar-refractivity contribution < 1.29 is 23.1 Å². The van der Waals surface area contributed by atoms with Gasteiger partial charge < -0.3 is 5.11 Å². The average Bonchev–Trinajstić information content (AvgIpc) is 2.53. The molecule has 0 aliphatic carbocycles. The van der Waals surface area contributed by atoms with Crippen LogP contribution < -0.4 is 0 Å². The fourth-order valence-electron chi connectivity index (χ4n) is 1.68. The van der Waals surface area contributed by atoms with Crippen LogP contribution in [0.5, 0.6) is 0 Å². The van der Waals surface area contributed by atoms with Gasteiger partial charge >= 0.3 is 12.1 Å². The molecule has 24 heavy (non-hydrogen) atoms. The number of carbonyl (C=O) groups is 1. The topological polar surface area (TPSA) is 74.9 Å². The van der Waals surface area contributed by atoms with E-state index in [-0.39, 0.29) is 11.4 Å². The Hall–Kier alpha value is -3.25. The molecule has 0 aliphatic rings. The van der Waals surface area contributed by atoms with E-state index >= 15 is 0 Å². The van der Waals surface area contributed by atoms with Gasteiger partial charge in [0.1, 0.15) is 11.7 Å². The van der Waals surface area contributed by atoms with Gasteiger partial charge in [-0.25, -0.2) is 4.79 Å². The Balaban J connectivity index is 2.28. The van der Waals surface area contributed by atoms with E-state index < -0.39 is 17.7 Å². The van der Waals surface area contributed by atoms with Crippen LogP contribution in [0.1, 0.15) is 11.1 Å². The number of rotatable bonds is 4. The Morgan fingerprint density at radius 2 is 2.04 bits per heavy atom. The first kappa shape index (κ1) is 17.1. The second kappa shape index (κ2) is 7.34. The molecule has 8 heteroatoms. The van der Waals surface area contributed by atoms with E-state index in [0.717, 1.165) is 18.2 Å². The molecule has 1 N–H and O–H groups in total. The predicted molar refractivity (Wildman–Crippen MR) is 81.5 cm³/mol. The molecule has 0 saturated carbocycles. The lowest BCUT2D eigenvalue weighted by Crippen LogP contribution is -2.03. The normalized spacial score (nSPS) is 11.1. The number of carboxylic acid groups (broad SMARTS) is 1. The van der Waals surface area contributed by atoms with Crippen LogP contribution in [0.4, 0.5) is 24.5 Å². The highest BCUT2D eigenvalue weighted by Gasteiger charge is 2.30. The third-order valence-corrected chi connectivity index (χ3v) is 2.76. The maximum absolute atomic E-state index is 12.6. The van der Waals surface area contributed by atoms with Gasteiger partial charge in [-0.1, -0.05) is 6.07 Å². The van der Waals surface area contributed by atoms with E-state index in [0.29, 0.717) is 5.56 Å². The molecule has 0 atom stereocenters. The molecular formula is C16H10F3N3O2. The summed E-state index contributed by atoms with van der Waals surface area (Å²) < 4.78 is 37.8. The minimum atomic E-state index is -4.46. The van der Waals surface area contributed by atoms with E-state index in [1.54, 1.807) is 0 Å². The minimum absolute atomic E-state index is 0.0418. The summed E-state index contributed by atoms with van der Waals surface area (Å²) in [5.74, 6) is -1.13. The molecular weight excluding hydrogens is 323 g/mol. The largest absolute Gasteiger partial charge is 0.478 e. The maximum Gasteiger partial charge on any atom is 0.416 e. The number of alkyl halides is 3. The van der Waals surface area contributed by atoms with E-state index in [2.05, 4.69) is 21.0 Å². The molecule has 0 unspecified atom stereocenters. The van der Waals surface area contributed by atoms with Crippen molar-refractivity contribution in [3.05, 3.63) is 59.9 Å². The molecule has 0 fully saturated rings. The van der Waals surface area contributed by atoms with Crippen molar-refractivity contribution in [3.63, 3.8) is 0 Å². The molecule has 0 spiro atoms. The zero-order valence-corrected chi connectivity index (χ0v) is 12.0. The lowest BCUT2D eigenvalue weighted by molar-refractivity contribution is -0.137. The number of carboxylic acids is 1. The number of nitrogens with zero attached hydrogens (tertiary/aromatic N) is 3. The van der Waals surface area contributed by atoms with Crippen LogP contribution in [0.15, 0.2) is 58.8 Å². The first-order valence-corrected chi connectivity index (χ1v) is 6.55. The zero-order chi connectivity index (χ0) is 17.6. The SMILES string of the molecule is O=C(O)C=Cc1ccncc1N=C=Nc1cccc(C(F)(F)F)c1. The summed E-state index contributed by atoms with van der Waals surface area (Å²) in [5.41, 5.74) is -0.0398. The quantitative estimate of drug-likeness (QED) is 0.668. The molecule has 0 bridgehead atoms. The summed E-state index contributed by atoms with van der Waals surface area (Å²) in [5, 5.41) is 8.62. The highest BCUT2D eigenvalue weighted by Crippen LogP contribution is 2.31. The molecule has 0 saturated heterocycles. The highest BCUT2D eigenvalue weighted by molar-refractivity contribution is 5.86. The zero-order valence-electron chi connectivity index (χ0n) is 12.0. The summed E-state index contributed by atoms with van der Waals surface area (Å²) >= 11 is 0. The molecule has 1 heterocycles. The van der Waals surface area contributed by atoms with Crippen molar-refractivity contribution in [2.24, 2.45) is 9.98 Å². The van der Waals surface area contributed by atoms with Crippen LogP contribution in [0, 0.1) is 0 Å². The smallest absolute Gasteiger partial charge is 0.416 e. The maximum atomic E-state index is 12.6. The van der Waals surface area contributed by atoms with Crippen molar-refractivity contribution in [1.29, 1.82) is 0 Å². The van der Waals surface area contributed by atoms with Crippen molar-refractivity contribution >= 4 is 29.4 Å². The molecule has 1 aromatic heterocycles. The first-order chi connectivity index (χ1) is 11.4. The fraction of sp³-hybridized carbons (Fsp3) is 0.0625. The van der Waals surface area contributed by atoms with E-state index in [1.807, 2.05) is 0 Å². The lowest BCUT2D eigenvalue weighted by atomic mass is 10.2. The number of aliphatic carboxylic acids is 1. The molecule has 2 aromatic rings. The second-order valence-corrected chi connectivity index (χ2v) is 4.48. The van der Waals surface area contributed by atoms with Gasteiger partial charge in [-0.3, -0.25) is 4.98 Å². The molecule has 0 aliphatic heterocycles. The Morgan fingerprint density at radius 3 is 2.75 bits per heavy atom. The monoisotopic (exact) mass is 333 g/mol. The van der Waals surface area contributed by atoms with Crippen LogP contribution in [-0.2, 0) is 11.0 Å². The van der Waals surface area contributed by atoms with Crippen molar-refractivity contribution in [2.45, 2.75) is 6.18 Å². The van der Waals surface area contributed by atoms with Gasteiger partial charge in [-0.2, -0.15) is 23.2 Å². The molecule has 122 valence electrons. The Labute approximate surface area is 134 Å². The highest BCUT2D eigenvalue weighted by atomic mass is 19.4. The Bertz CT molecular complexity index is 838. The first-order valence-electron chi connectivity index (χ1n) is 6.55. The summed E-state index contributed by atoms with van der Waals surface area (Å²) in [6, 6.07) is 8.24. The van der Waals surface area contributed by atoms with Gasteiger partial charge in [0.2, 0.25) is 0 Å². The van der Waals surface area contributed by atoms with Gasteiger partial charge in [-0.05, 0) is 30.3 Å². The fourth-order valence-corrected chi connectivity index (χ4v) is 1.68. The minimum Gasteiger partial charge on any atom is -0.478 e. The van der Waals surface area contributed by atoms with Crippen LogP contribution in [0.2, 0.25) is 0 Å². The molecule has 0 radical (unpaired) electrons. The third kappa shape index (κ3) is 4.89. The number of aliphatic imine (C=N–C) groups is 2. The van der Waals surface area contributed by atoms with E-state index in [4.69, 9.17) is 5.11 Å². The lowest BCUT2D eigenvalue weighted by Gasteiger charge is -2.05. The molecule has 2 rings (SSSR count). The standard InChI is InChI=1S/C16H10F3N3O2/c17-16(18,19)12-2-1-3-13(8-12)21-10-22-14-9-20-7-6-11(14)4-5-15(23)24/h1-9H,(H,23,24). The van der Waals surface area contributed by atoms with Crippen LogP contribution in [0.25, 0.3) is 6.08 Å². The number of benzene rings is 1. The second-order valence-electron chi connectivity index (χ2n) is 4.48. The van der Waals surface area contributed by atoms with Gasteiger partial charge in [0.15, 0.2) is 0 Å². The summed E-state index contributed by atoms with van der Waals surface area (Å²) in [6.07, 6.45) is 0.592. The average molecular weight is 333 g/mol.